The van der Waals surface area contributed by atoms with Crippen LogP contribution >= 0.6 is 27.5 Å². The second-order valence-electron chi connectivity index (χ2n) is 3.14. The highest BCUT2D eigenvalue weighted by Gasteiger charge is 2.12. The van der Waals surface area contributed by atoms with Crippen molar-refractivity contribution >= 4 is 27.5 Å². The van der Waals surface area contributed by atoms with E-state index in [0.29, 0.717) is 10.0 Å². The third-order valence-corrected chi connectivity index (χ3v) is 3.04. The number of halogens is 4. The minimum Gasteiger partial charge on any atom is -0.207 e. The lowest BCUT2D eigenvalue weighted by molar-refractivity contribution is 0.625. The molecule has 0 aliphatic carbocycles. The molecule has 0 amide bonds. The molecule has 0 N–H and O–H groups in total. The van der Waals surface area contributed by atoms with E-state index < -0.39 is 11.6 Å². The van der Waals surface area contributed by atoms with Gasteiger partial charge in [0, 0.05) is 15.6 Å². The number of hydrogen-bond acceptors (Lipinski definition) is 0. The summed E-state index contributed by atoms with van der Waals surface area (Å²) in [5.74, 6) is -0.885. The molecular formula is C12H5BrClF2. The Morgan fingerprint density at radius 1 is 1.19 bits per heavy atom. The van der Waals surface area contributed by atoms with Crippen molar-refractivity contribution in [2.75, 3.05) is 0 Å². The molecule has 0 aliphatic heterocycles. The van der Waals surface area contributed by atoms with Crippen molar-refractivity contribution in [2.24, 2.45) is 0 Å². The van der Waals surface area contributed by atoms with Gasteiger partial charge in [-0.3, -0.25) is 0 Å². The summed E-state index contributed by atoms with van der Waals surface area (Å²) in [4.78, 5) is 0. The van der Waals surface area contributed by atoms with Gasteiger partial charge < -0.3 is 0 Å². The van der Waals surface area contributed by atoms with Crippen LogP contribution < -0.4 is 0 Å². The molecule has 16 heavy (non-hydrogen) atoms. The lowest BCUT2D eigenvalue weighted by atomic mass is 10.1. The number of rotatable bonds is 1. The number of hydrogen-bond donors (Lipinski definition) is 0. The SMILES string of the molecule is Fc1ccc(-c2c(Br)[c]ccc2F)c(Cl)c1. The molecule has 0 nitrogen and oxygen atoms in total. The molecule has 1 radical (unpaired) electrons. The summed E-state index contributed by atoms with van der Waals surface area (Å²) in [6.45, 7) is 0. The first-order valence-corrected chi connectivity index (χ1v) is 5.58. The van der Waals surface area contributed by atoms with E-state index in [1.165, 1.54) is 24.3 Å². The fourth-order valence-corrected chi connectivity index (χ4v) is 2.18. The molecule has 0 unspecified atom stereocenters. The van der Waals surface area contributed by atoms with Gasteiger partial charge >= 0.3 is 0 Å². The molecular weight excluding hydrogens is 297 g/mol. The molecule has 81 valence electrons. The lowest BCUT2D eigenvalue weighted by Gasteiger charge is -2.07. The fraction of sp³-hybridized carbons (Fsp3) is 0. The van der Waals surface area contributed by atoms with Crippen LogP contribution in [0.4, 0.5) is 8.78 Å². The summed E-state index contributed by atoms with van der Waals surface area (Å²) in [7, 11) is 0. The van der Waals surface area contributed by atoms with Gasteiger partial charge in [-0.25, -0.2) is 8.78 Å². The number of benzene rings is 2. The first-order chi connectivity index (χ1) is 7.59. The van der Waals surface area contributed by atoms with Gasteiger partial charge in [-0.15, -0.1) is 0 Å². The summed E-state index contributed by atoms with van der Waals surface area (Å²) in [5.41, 5.74) is 0.719. The minimum atomic E-state index is -0.454. The van der Waals surface area contributed by atoms with E-state index in [-0.39, 0.29) is 10.6 Å². The van der Waals surface area contributed by atoms with Crippen molar-refractivity contribution < 1.29 is 8.78 Å². The van der Waals surface area contributed by atoms with Crippen molar-refractivity contribution in [3.8, 4) is 11.1 Å². The maximum absolute atomic E-state index is 13.6. The third kappa shape index (κ3) is 2.11. The molecule has 0 heterocycles. The topological polar surface area (TPSA) is 0 Å². The summed E-state index contributed by atoms with van der Waals surface area (Å²) in [5, 5.41) is 0.166. The molecule has 0 atom stereocenters. The summed E-state index contributed by atoms with van der Waals surface area (Å²) >= 11 is 9.06. The van der Waals surface area contributed by atoms with E-state index in [0.717, 1.165) is 6.07 Å². The Balaban J connectivity index is 2.68. The highest BCUT2D eigenvalue weighted by atomic mass is 79.9. The fourth-order valence-electron chi connectivity index (χ4n) is 1.39. The Bertz CT molecular complexity index is 520. The molecule has 2 aromatic carbocycles. The van der Waals surface area contributed by atoms with E-state index in [2.05, 4.69) is 22.0 Å². The zero-order chi connectivity index (χ0) is 11.7. The minimum absolute atomic E-state index is 0.166. The first-order valence-electron chi connectivity index (χ1n) is 4.40. The van der Waals surface area contributed by atoms with Crippen molar-refractivity contribution in [3.05, 3.63) is 57.5 Å². The molecule has 0 spiro atoms. The summed E-state index contributed by atoms with van der Waals surface area (Å²) in [6.07, 6.45) is 0. The van der Waals surface area contributed by atoms with Gasteiger partial charge in [0.2, 0.25) is 0 Å². The summed E-state index contributed by atoms with van der Waals surface area (Å²) < 4.78 is 26.9. The maximum atomic E-state index is 13.6. The highest BCUT2D eigenvalue weighted by Crippen LogP contribution is 2.35. The van der Waals surface area contributed by atoms with Crippen LogP contribution in [0.15, 0.2) is 34.8 Å². The molecule has 2 aromatic rings. The van der Waals surface area contributed by atoms with Gasteiger partial charge in [0.15, 0.2) is 0 Å². The van der Waals surface area contributed by atoms with E-state index in [4.69, 9.17) is 11.6 Å². The highest BCUT2D eigenvalue weighted by molar-refractivity contribution is 9.10. The molecule has 4 heteroatoms. The predicted molar refractivity (Wildman–Crippen MR) is 63.3 cm³/mol. The van der Waals surface area contributed by atoms with Crippen LogP contribution in [0, 0.1) is 17.7 Å². The monoisotopic (exact) mass is 301 g/mol. The van der Waals surface area contributed by atoms with Crippen molar-refractivity contribution in [3.63, 3.8) is 0 Å². The zero-order valence-corrected chi connectivity index (χ0v) is 10.2. The van der Waals surface area contributed by atoms with E-state index in [1.54, 1.807) is 0 Å². The Labute approximate surface area is 105 Å². The van der Waals surface area contributed by atoms with Crippen LogP contribution in [-0.2, 0) is 0 Å². The van der Waals surface area contributed by atoms with Crippen LogP contribution in [0.3, 0.4) is 0 Å². The largest absolute Gasteiger partial charge is 0.207 e. The van der Waals surface area contributed by atoms with Crippen LogP contribution in [0.25, 0.3) is 11.1 Å². The average molecular weight is 303 g/mol. The van der Waals surface area contributed by atoms with Crippen molar-refractivity contribution in [2.45, 2.75) is 0 Å². The van der Waals surface area contributed by atoms with Crippen LogP contribution in [0.1, 0.15) is 0 Å². The van der Waals surface area contributed by atoms with Crippen LogP contribution in [-0.4, -0.2) is 0 Å². The van der Waals surface area contributed by atoms with Gasteiger partial charge in [0.25, 0.3) is 0 Å². The van der Waals surface area contributed by atoms with Crippen LogP contribution in [0.5, 0.6) is 0 Å². The standard InChI is InChI=1S/C12H5BrClF2/c13-9-2-1-3-11(16)12(9)8-5-4-7(15)6-10(8)14/h1,3-6H. The molecule has 0 bridgehead atoms. The molecule has 0 aliphatic rings. The third-order valence-electron chi connectivity index (χ3n) is 2.10. The molecule has 0 saturated carbocycles. The van der Waals surface area contributed by atoms with Gasteiger partial charge in [0.05, 0.1) is 5.02 Å². The van der Waals surface area contributed by atoms with E-state index in [9.17, 15) is 8.78 Å². The van der Waals surface area contributed by atoms with Gasteiger partial charge in [-0.1, -0.05) is 17.7 Å². The second kappa shape index (κ2) is 4.52. The normalized spacial score (nSPS) is 10.5. The zero-order valence-electron chi connectivity index (χ0n) is 7.90. The van der Waals surface area contributed by atoms with E-state index in [1.807, 2.05) is 0 Å². The van der Waals surface area contributed by atoms with Gasteiger partial charge in [0.1, 0.15) is 11.6 Å². The van der Waals surface area contributed by atoms with E-state index >= 15 is 0 Å². The molecule has 0 saturated heterocycles. The Hall–Kier alpha value is -0.930. The molecule has 0 fully saturated rings. The molecule has 2 rings (SSSR count). The maximum Gasteiger partial charge on any atom is 0.132 e. The Morgan fingerprint density at radius 3 is 2.56 bits per heavy atom. The van der Waals surface area contributed by atoms with Crippen molar-refractivity contribution in [1.29, 1.82) is 0 Å². The predicted octanol–water partition coefficient (Wildman–Crippen LogP) is 4.85. The average Bonchev–Trinajstić information content (AvgIpc) is 2.20. The van der Waals surface area contributed by atoms with Gasteiger partial charge in [-0.2, -0.15) is 0 Å². The summed E-state index contributed by atoms with van der Waals surface area (Å²) in [6, 6.07) is 9.37. The smallest absolute Gasteiger partial charge is 0.132 e. The van der Waals surface area contributed by atoms with Crippen LogP contribution in [0.2, 0.25) is 5.02 Å². The Morgan fingerprint density at radius 2 is 1.94 bits per heavy atom. The second-order valence-corrected chi connectivity index (χ2v) is 4.34. The molecule has 0 aromatic heterocycles. The first kappa shape index (κ1) is 11.6. The van der Waals surface area contributed by atoms with Gasteiger partial charge in [-0.05, 0) is 46.3 Å². The Kier molecular flexibility index (Phi) is 3.26. The van der Waals surface area contributed by atoms with Crippen molar-refractivity contribution in [1.82, 2.24) is 0 Å². The quantitative estimate of drug-likeness (QED) is 0.706. The lowest BCUT2D eigenvalue weighted by Crippen LogP contribution is -1.88.